The maximum Gasteiger partial charge on any atom is 0.305 e. The van der Waals surface area contributed by atoms with E-state index in [1.54, 1.807) is 7.11 Å². The van der Waals surface area contributed by atoms with Crippen molar-refractivity contribution in [3.05, 3.63) is 59.7 Å². The Labute approximate surface area is 136 Å². The van der Waals surface area contributed by atoms with Crippen molar-refractivity contribution in [3.63, 3.8) is 0 Å². The van der Waals surface area contributed by atoms with Gasteiger partial charge in [-0.15, -0.1) is 0 Å². The third-order valence-electron chi connectivity index (χ3n) is 4.04. The Morgan fingerprint density at radius 3 is 2.65 bits per heavy atom. The summed E-state index contributed by atoms with van der Waals surface area (Å²) in [5, 5.41) is 0. The van der Waals surface area contributed by atoms with Gasteiger partial charge in [-0.05, 0) is 29.7 Å². The van der Waals surface area contributed by atoms with Crippen LogP contribution in [-0.4, -0.2) is 19.7 Å². The Morgan fingerprint density at radius 2 is 1.96 bits per heavy atom. The summed E-state index contributed by atoms with van der Waals surface area (Å²) in [5.74, 6) is 1.52. The highest BCUT2D eigenvalue weighted by atomic mass is 16.5. The van der Waals surface area contributed by atoms with Gasteiger partial charge in [0.1, 0.15) is 6.61 Å². The van der Waals surface area contributed by atoms with Gasteiger partial charge >= 0.3 is 5.97 Å². The summed E-state index contributed by atoms with van der Waals surface area (Å²) in [6.07, 6.45) is 1.28. The Balaban J connectivity index is 1.75. The van der Waals surface area contributed by atoms with Crippen molar-refractivity contribution >= 4 is 5.97 Å². The van der Waals surface area contributed by atoms with Crippen LogP contribution in [0.1, 0.15) is 29.9 Å². The van der Waals surface area contributed by atoms with Crippen LogP contribution in [0.15, 0.2) is 48.5 Å². The van der Waals surface area contributed by atoms with E-state index in [1.165, 1.54) is 0 Å². The molecular formula is C19H20O4. The van der Waals surface area contributed by atoms with Gasteiger partial charge in [-0.2, -0.15) is 0 Å². The van der Waals surface area contributed by atoms with E-state index < -0.39 is 0 Å². The lowest BCUT2D eigenvalue weighted by atomic mass is 9.93. The average molecular weight is 312 g/mol. The topological polar surface area (TPSA) is 44.8 Å². The number of cyclic esters (lactones) is 1. The molecule has 3 rings (SSSR count). The molecule has 0 saturated carbocycles. The molecule has 1 aliphatic heterocycles. The van der Waals surface area contributed by atoms with Crippen molar-refractivity contribution in [1.29, 1.82) is 0 Å². The monoisotopic (exact) mass is 312 g/mol. The van der Waals surface area contributed by atoms with E-state index in [0.717, 1.165) is 17.5 Å². The summed E-state index contributed by atoms with van der Waals surface area (Å²) in [6, 6.07) is 15.9. The first-order valence-corrected chi connectivity index (χ1v) is 7.76. The molecule has 4 nitrogen and oxygen atoms in total. The summed E-state index contributed by atoms with van der Waals surface area (Å²) < 4.78 is 16.5. The van der Waals surface area contributed by atoms with Crippen LogP contribution in [0, 0.1) is 0 Å². The van der Waals surface area contributed by atoms with Gasteiger partial charge in [-0.25, -0.2) is 0 Å². The predicted octanol–water partition coefficient (Wildman–Crippen LogP) is 3.69. The van der Waals surface area contributed by atoms with Crippen molar-refractivity contribution in [2.24, 2.45) is 0 Å². The number of ether oxygens (including phenoxy) is 3. The normalized spacial score (nSPS) is 17.4. The Hall–Kier alpha value is -2.49. The third kappa shape index (κ3) is 3.83. The standard InChI is InChI=1S/C19H20O4/c1-21-17-9-7-15(16-8-10-19(20)23-13-16)11-18(17)22-12-14-5-3-2-4-6-14/h2-7,9,11,16H,8,10,12-13H2,1H3/t16-/m1/s1. The van der Waals surface area contributed by atoms with E-state index >= 15 is 0 Å². The van der Waals surface area contributed by atoms with Crippen molar-refractivity contribution < 1.29 is 19.0 Å². The minimum absolute atomic E-state index is 0.115. The molecule has 1 aliphatic rings. The molecule has 120 valence electrons. The minimum atomic E-state index is -0.115. The first kappa shape index (κ1) is 15.4. The van der Waals surface area contributed by atoms with E-state index in [4.69, 9.17) is 14.2 Å². The maximum atomic E-state index is 11.2. The van der Waals surface area contributed by atoms with Crippen LogP contribution < -0.4 is 9.47 Å². The summed E-state index contributed by atoms with van der Waals surface area (Å²) in [4.78, 5) is 11.2. The number of methoxy groups -OCH3 is 1. The lowest BCUT2D eigenvalue weighted by Gasteiger charge is -2.23. The molecule has 1 fully saturated rings. The Morgan fingerprint density at radius 1 is 1.13 bits per heavy atom. The second-order valence-corrected chi connectivity index (χ2v) is 5.60. The molecule has 0 bridgehead atoms. The van der Waals surface area contributed by atoms with Crippen LogP contribution in [0.2, 0.25) is 0 Å². The van der Waals surface area contributed by atoms with E-state index in [9.17, 15) is 4.79 Å². The maximum absolute atomic E-state index is 11.2. The molecule has 0 aliphatic carbocycles. The van der Waals surface area contributed by atoms with Crippen LogP contribution in [0.4, 0.5) is 0 Å². The fraction of sp³-hybridized carbons (Fsp3) is 0.316. The molecule has 0 unspecified atom stereocenters. The molecule has 0 radical (unpaired) electrons. The van der Waals surface area contributed by atoms with Crippen LogP contribution in [0.5, 0.6) is 11.5 Å². The van der Waals surface area contributed by atoms with Crippen molar-refractivity contribution in [1.82, 2.24) is 0 Å². The van der Waals surface area contributed by atoms with Crippen molar-refractivity contribution in [3.8, 4) is 11.5 Å². The molecule has 1 saturated heterocycles. The molecule has 23 heavy (non-hydrogen) atoms. The SMILES string of the molecule is COc1ccc([C@@H]2CCC(=O)OC2)cc1OCc1ccccc1. The largest absolute Gasteiger partial charge is 0.493 e. The van der Waals surface area contributed by atoms with Gasteiger partial charge in [0.05, 0.1) is 13.7 Å². The zero-order valence-corrected chi connectivity index (χ0v) is 13.2. The average Bonchev–Trinajstić information content (AvgIpc) is 2.61. The molecule has 0 aromatic heterocycles. The smallest absolute Gasteiger partial charge is 0.305 e. The van der Waals surface area contributed by atoms with Gasteiger partial charge < -0.3 is 14.2 Å². The molecule has 2 aromatic carbocycles. The fourth-order valence-corrected chi connectivity index (χ4v) is 2.70. The molecule has 1 heterocycles. The van der Waals surface area contributed by atoms with Gasteiger partial charge in [-0.3, -0.25) is 4.79 Å². The number of esters is 1. The van der Waals surface area contributed by atoms with Gasteiger partial charge in [-0.1, -0.05) is 36.4 Å². The van der Waals surface area contributed by atoms with Gasteiger partial charge in [0.2, 0.25) is 0 Å². The highest BCUT2D eigenvalue weighted by Crippen LogP contribution is 2.34. The highest BCUT2D eigenvalue weighted by molar-refractivity contribution is 5.70. The van der Waals surface area contributed by atoms with Gasteiger partial charge in [0.25, 0.3) is 0 Å². The van der Waals surface area contributed by atoms with E-state index in [-0.39, 0.29) is 11.9 Å². The molecule has 4 heteroatoms. The number of hydrogen-bond acceptors (Lipinski definition) is 4. The van der Waals surface area contributed by atoms with Crippen LogP contribution in [-0.2, 0) is 16.1 Å². The van der Waals surface area contributed by atoms with Crippen LogP contribution >= 0.6 is 0 Å². The minimum Gasteiger partial charge on any atom is -0.493 e. The van der Waals surface area contributed by atoms with Crippen LogP contribution in [0.25, 0.3) is 0 Å². The number of benzene rings is 2. The lowest BCUT2D eigenvalue weighted by molar-refractivity contribution is -0.147. The number of hydrogen-bond donors (Lipinski definition) is 0. The summed E-state index contributed by atoms with van der Waals surface area (Å²) in [6.45, 7) is 0.920. The van der Waals surface area contributed by atoms with Gasteiger partial charge in [0, 0.05) is 12.3 Å². The second-order valence-electron chi connectivity index (χ2n) is 5.60. The Bertz CT molecular complexity index is 656. The summed E-state index contributed by atoms with van der Waals surface area (Å²) in [7, 11) is 1.63. The predicted molar refractivity (Wildman–Crippen MR) is 86.7 cm³/mol. The summed E-state index contributed by atoms with van der Waals surface area (Å²) in [5.41, 5.74) is 2.22. The highest BCUT2D eigenvalue weighted by Gasteiger charge is 2.22. The van der Waals surface area contributed by atoms with E-state index in [1.807, 2.05) is 48.5 Å². The molecular weight excluding hydrogens is 292 g/mol. The second kappa shape index (κ2) is 7.18. The van der Waals surface area contributed by atoms with Crippen LogP contribution in [0.3, 0.4) is 0 Å². The third-order valence-corrected chi connectivity index (χ3v) is 4.04. The first-order chi connectivity index (χ1) is 11.3. The summed E-state index contributed by atoms with van der Waals surface area (Å²) >= 11 is 0. The molecule has 0 spiro atoms. The van der Waals surface area contributed by atoms with E-state index in [2.05, 4.69) is 0 Å². The quantitative estimate of drug-likeness (QED) is 0.790. The number of carbonyl (C=O) groups excluding carboxylic acids is 1. The zero-order chi connectivity index (χ0) is 16.1. The molecule has 1 atom stereocenters. The Kier molecular flexibility index (Phi) is 4.81. The zero-order valence-electron chi connectivity index (χ0n) is 13.2. The van der Waals surface area contributed by atoms with Crippen molar-refractivity contribution in [2.75, 3.05) is 13.7 Å². The molecule has 0 amide bonds. The van der Waals surface area contributed by atoms with Gasteiger partial charge in [0.15, 0.2) is 11.5 Å². The lowest BCUT2D eigenvalue weighted by Crippen LogP contribution is -2.20. The van der Waals surface area contributed by atoms with Crippen molar-refractivity contribution in [2.45, 2.75) is 25.4 Å². The molecule has 0 N–H and O–H groups in total. The number of carbonyl (C=O) groups is 1. The molecule has 2 aromatic rings. The first-order valence-electron chi connectivity index (χ1n) is 7.76. The number of rotatable bonds is 5. The van der Waals surface area contributed by atoms with E-state index in [0.29, 0.717) is 31.1 Å². The fourth-order valence-electron chi connectivity index (χ4n) is 2.70.